The predicted molar refractivity (Wildman–Crippen MR) is 77.4 cm³/mol. The summed E-state index contributed by atoms with van der Waals surface area (Å²) in [7, 11) is 0. The molecule has 4 nitrogen and oxygen atoms in total. The van der Waals surface area contributed by atoms with Crippen LogP contribution in [-0.4, -0.2) is 22.2 Å². The van der Waals surface area contributed by atoms with Crippen molar-refractivity contribution in [3.63, 3.8) is 0 Å². The molecule has 2 heterocycles. The molecule has 0 radical (unpaired) electrons. The van der Waals surface area contributed by atoms with Crippen molar-refractivity contribution in [2.75, 3.05) is 0 Å². The Balaban J connectivity index is 1.72. The quantitative estimate of drug-likeness (QED) is 0.675. The molecule has 3 rings (SSSR count). The van der Waals surface area contributed by atoms with Gasteiger partial charge in [-0.1, -0.05) is 12.1 Å². The number of halogens is 2. The Bertz CT molecular complexity index is 738. The van der Waals surface area contributed by atoms with Crippen molar-refractivity contribution in [2.45, 2.75) is 13.2 Å². The minimum Gasteiger partial charge on any atom is -0.434 e. The van der Waals surface area contributed by atoms with Crippen molar-refractivity contribution in [2.24, 2.45) is 4.99 Å². The van der Waals surface area contributed by atoms with Gasteiger partial charge in [0.05, 0.1) is 12.2 Å². The zero-order valence-corrected chi connectivity index (χ0v) is 11.6. The number of hydrogen-bond acceptors (Lipinski definition) is 4. The van der Waals surface area contributed by atoms with Crippen LogP contribution in [0.5, 0.6) is 5.75 Å². The fourth-order valence-electron chi connectivity index (χ4n) is 1.88. The SMILES string of the molecule is FC(F)Oc1ccccc1C=NCc1cn2ccsc2n1. The van der Waals surface area contributed by atoms with Gasteiger partial charge in [0.15, 0.2) is 4.96 Å². The third kappa shape index (κ3) is 3.25. The third-order valence-electron chi connectivity index (χ3n) is 2.76. The van der Waals surface area contributed by atoms with Crippen LogP contribution in [-0.2, 0) is 6.54 Å². The first-order chi connectivity index (χ1) is 10.2. The van der Waals surface area contributed by atoms with Gasteiger partial charge in [0.2, 0.25) is 0 Å². The van der Waals surface area contributed by atoms with Gasteiger partial charge in [-0.2, -0.15) is 8.78 Å². The summed E-state index contributed by atoms with van der Waals surface area (Å²) in [5.74, 6) is 0.113. The zero-order valence-electron chi connectivity index (χ0n) is 10.8. The highest BCUT2D eigenvalue weighted by molar-refractivity contribution is 7.15. The minimum atomic E-state index is -2.85. The van der Waals surface area contributed by atoms with Gasteiger partial charge in [-0.05, 0) is 12.1 Å². The number of alkyl halides is 2. The molecule has 0 saturated carbocycles. The van der Waals surface area contributed by atoms with Crippen LogP contribution in [0.3, 0.4) is 0 Å². The molecule has 0 saturated heterocycles. The van der Waals surface area contributed by atoms with Crippen molar-refractivity contribution in [1.29, 1.82) is 0 Å². The van der Waals surface area contributed by atoms with Crippen LogP contribution in [0.2, 0.25) is 0 Å². The Kier molecular flexibility index (Phi) is 3.92. The van der Waals surface area contributed by atoms with Gasteiger partial charge in [0, 0.05) is 29.6 Å². The van der Waals surface area contributed by atoms with Gasteiger partial charge in [-0.15, -0.1) is 11.3 Å². The zero-order chi connectivity index (χ0) is 14.7. The first-order valence-corrected chi connectivity index (χ1v) is 7.05. The maximum atomic E-state index is 12.3. The van der Waals surface area contributed by atoms with Crippen molar-refractivity contribution < 1.29 is 13.5 Å². The summed E-state index contributed by atoms with van der Waals surface area (Å²) in [4.78, 5) is 9.53. The number of imidazole rings is 1. The lowest BCUT2D eigenvalue weighted by Gasteiger charge is -2.06. The van der Waals surface area contributed by atoms with Crippen LogP contribution < -0.4 is 4.74 Å². The molecule has 1 aromatic carbocycles. The Labute approximate surface area is 123 Å². The van der Waals surface area contributed by atoms with Crippen LogP contribution in [0, 0.1) is 0 Å². The van der Waals surface area contributed by atoms with E-state index in [4.69, 9.17) is 0 Å². The van der Waals surface area contributed by atoms with E-state index >= 15 is 0 Å². The number of para-hydroxylation sites is 1. The lowest BCUT2D eigenvalue weighted by molar-refractivity contribution is -0.0499. The maximum absolute atomic E-state index is 12.3. The van der Waals surface area contributed by atoms with Crippen molar-refractivity contribution in [1.82, 2.24) is 9.38 Å². The monoisotopic (exact) mass is 307 g/mol. The van der Waals surface area contributed by atoms with Gasteiger partial charge in [-0.25, -0.2) is 4.98 Å². The van der Waals surface area contributed by atoms with Crippen LogP contribution in [0.15, 0.2) is 47.0 Å². The molecule has 0 bridgehead atoms. The molecular weight excluding hydrogens is 296 g/mol. The highest BCUT2D eigenvalue weighted by atomic mass is 32.1. The smallest absolute Gasteiger partial charge is 0.387 e. The standard InChI is InChI=1S/C14H11F2N3OS/c15-13(16)20-12-4-2-1-3-10(12)7-17-8-11-9-19-5-6-21-14(19)18-11/h1-7,9,13H,8H2. The summed E-state index contributed by atoms with van der Waals surface area (Å²) in [5.41, 5.74) is 1.34. The average molecular weight is 307 g/mol. The van der Waals surface area contributed by atoms with Crippen molar-refractivity contribution in [3.05, 3.63) is 53.3 Å². The van der Waals surface area contributed by atoms with E-state index in [1.54, 1.807) is 29.5 Å². The molecule has 0 spiro atoms. The Morgan fingerprint density at radius 3 is 3.05 bits per heavy atom. The Hall–Kier alpha value is -2.28. The molecule has 0 unspecified atom stereocenters. The summed E-state index contributed by atoms with van der Waals surface area (Å²) in [5, 5.41) is 1.95. The minimum absolute atomic E-state index is 0.113. The molecular formula is C14H11F2N3OS. The summed E-state index contributed by atoms with van der Waals surface area (Å²) < 4.78 is 30.9. The molecule has 0 aliphatic rings. The summed E-state index contributed by atoms with van der Waals surface area (Å²) in [6.45, 7) is -2.46. The first kappa shape index (κ1) is 13.7. The fraction of sp³-hybridized carbons (Fsp3) is 0.143. The predicted octanol–water partition coefficient (Wildman–Crippen LogP) is 3.62. The van der Waals surface area contributed by atoms with Gasteiger partial charge in [-0.3, -0.25) is 9.39 Å². The largest absolute Gasteiger partial charge is 0.434 e. The molecule has 108 valence electrons. The second kappa shape index (κ2) is 6.01. The average Bonchev–Trinajstić information content (AvgIpc) is 3.01. The molecule has 3 aromatic rings. The van der Waals surface area contributed by atoms with Crippen LogP contribution in [0.4, 0.5) is 8.78 Å². The number of benzene rings is 1. The number of thiazole rings is 1. The molecule has 7 heteroatoms. The van der Waals surface area contributed by atoms with E-state index in [9.17, 15) is 8.78 Å². The molecule has 0 N–H and O–H groups in total. The van der Waals surface area contributed by atoms with Gasteiger partial charge in [0.1, 0.15) is 5.75 Å². The maximum Gasteiger partial charge on any atom is 0.387 e. The number of aromatic nitrogens is 2. The fourth-order valence-corrected chi connectivity index (χ4v) is 2.60. The van der Waals surface area contributed by atoms with E-state index in [2.05, 4.69) is 14.7 Å². The molecule has 0 aliphatic heterocycles. The number of aliphatic imine (C=N–C) groups is 1. The highest BCUT2D eigenvalue weighted by Gasteiger charge is 2.07. The van der Waals surface area contributed by atoms with Crippen molar-refractivity contribution in [3.8, 4) is 5.75 Å². The highest BCUT2D eigenvalue weighted by Crippen LogP contribution is 2.18. The molecule has 0 atom stereocenters. The van der Waals surface area contributed by atoms with E-state index in [-0.39, 0.29) is 5.75 Å². The Morgan fingerprint density at radius 2 is 2.24 bits per heavy atom. The first-order valence-electron chi connectivity index (χ1n) is 6.17. The number of fused-ring (bicyclic) bond motifs is 1. The molecule has 21 heavy (non-hydrogen) atoms. The second-order valence-corrected chi connectivity index (χ2v) is 5.08. The normalized spacial score (nSPS) is 11.8. The Morgan fingerprint density at radius 1 is 1.38 bits per heavy atom. The molecule has 0 amide bonds. The van der Waals surface area contributed by atoms with Crippen LogP contribution in [0.25, 0.3) is 4.96 Å². The third-order valence-corrected chi connectivity index (χ3v) is 3.53. The van der Waals surface area contributed by atoms with Crippen LogP contribution in [0.1, 0.15) is 11.3 Å². The molecule has 0 fully saturated rings. The number of rotatable bonds is 5. The van der Waals surface area contributed by atoms with Crippen LogP contribution >= 0.6 is 11.3 Å². The van der Waals surface area contributed by atoms with Gasteiger partial charge in [0.25, 0.3) is 0 Å². The van der Waals surface area contributed by atoms with Gasteiger partial charge < -0.3 is 4.74 Å². The number of ether oxygens (including phenoxy) is 1. The topological polar surface area (TPSA) is 38.9 Å². The van der Waals surface area contributed by atoms with E-state index < -0.39 is 6.61 Å². The van der Waals surface area contributed by atoms with E-state index in [0.29, 0.717) is 12.1 Å². The number of hydrogen-bond donors (Lipinski definition) is 0. The van der Waals surface area contributed by atoms with E-state index in [1.807, 2.05) is 22.2 Å². The number of nitrogens with zero attached hydrogens (tertiary/aromatic N) is 3. The lowest BCUT2D eigenvalue weighted by Crippen LogP contribution is -2.04. The second-order valence-electron chi connectivity index (χ2n) is 4.21. The van der Waals surface area contributed by atoms with E-state index in [1.165, 1.54) is 12.3 Å². The molecule has 2 aromatic heterocycles. The summed E-state index contributed by atoms with van der Waals surface area (Å²) in [6.07, 6.45) is 5.34. The lowest BCUT2D eigenvalue weighted by atomic mass is 10.2. The summed E-state index contributed by atoms with van der Waals surface area (Å²) >= 11 is 1.54. The van der Waals surface area contributed by atoms with Crippen molar-refractivity contribution >= 4 is 22.5 Å². The molecule has 0 aliphatic carbocycles. The summed E-state index contributed by atoms with van der Waals surface area (Å²) in [6, 6.07) is 6.54. The van der Waals surface area contributed by atoms with E-state index in [0.717, 1.165) is 10.7 Å². The van der Waals surface area contributed by atoms with Gasteiger partial charge >= 0.3 is 6.61 Å².